The second kappa shape index (κ2) is 15.8. The molecule has 262 valence electrons. The van der Waals surface area contributed by atoms with E-state index >= 15 is 0 Å². The Kier molecular flexibility index (Phi) is 11.8. The summed E-state index contributed by atoms with van der Waals surface area (Å²) in [6.45, 7) is 11.5. The van der Waals surface area contributed by atoms with Gasteiger partial charge in [0.2, 0.25) is 17.7 Å². The summed E-state index contributed by atoms with van der Waals surface area (Å²) in [6, 6.07) is 16.9. The molecule has 0 aliphatic carbocycles. The number of alkyl halides is 1. The average Bonchev–Trinajstić information content (AvgIpc) is 3.69. The molecule has 5 rings (SSSR count). The first-order valence-electron chi connectivity index (χ1n) is 16.9. The third-order valence-corrected chi connectivity index (χ3v) is 10.8. The molecule has 2 aromatic rings. The van der Waals surface area contributed by atoms with Crippen molar-refractivity contribution in [2.75, 3.05) is 19.7 Å². The van der Waals surface area contributed by atoms with Crippen LogP contribution in [0, 0.1) is 17.8 Å². The molecule has 8 atom stereocenters. The fourth-order valence-corrected chi connectivity index (χ4v) is 8.54. The predicted octanol–water partition coefficient (Wildman–Crippen LogP) is 4.33. The van der Waals surface area contributed by atoms with Gasteiger partial charge in [-0.1, -0.05) is 103 Å². The number of nitrogens with zero attached hydrogens (tertiary/aromatic N) is 2. The highest BCUT2D eigenvalue weighted by Gasteiger charge is 2.77. The number of aliphatic hydroxyl groups is 1. The number of hydrogen-bond donors (Lipinski definition) is 2. The number of nitrogens with one attached hydrogen (secondary N) is 1. The minimum absolute atomic E-state index is 0.0364. The number of rotatable bonds is 16. The van der Waals surface area contributed by atoms with Crippen molar-refractivity contribution in [3.05, 3.63) is 97.1 Å². The topological polar surface area (TPSA) is 125 Å². The molecular formula is C38H46BrN3O7. The van der Waals surface area contributed by atoms with Crippen LogP contribution in [-0.2, 0) is 35.2 Å². The van der Waals surface area contributed by atoms with Crippen LogP contribution in [0.1, 0.15) is 50.3 Å². The lowest BCUT2D eigenvalue weighted by Gasteiger charge is -2.40. The normalized spacial score (nSPS) is 26.6. The molecule has 3 heterocycles. The molecule has 0 saturated carbocycles. The second-order valence-electron chi connectivity index (χ2n) is 13.4. The number of hydrogen-bond acceptors (Lipinski definition) is 7. The first-order valence-corrected chi connectivity index (χ1v) is 17.8. The number of esters is 1. The van der Waals surface area contributed by atoms with Crippen molar-refractivity contribution >= 4 is 39.6 Å². The van der Waals surface area contributed by atoms with Crippen LogP contribution in [0.4, 0.5) is 0 Å². The van der Waals surface area contributed by atoms with Crippen molar-refractivity contribution < 1.29 is 33.8 Å². The maximum Gasteiger partial charge on any atom is 0.313 e. The van der Waals surface area contributed by atoms with Gasteiger partial charge < -0.3 is 29.7 Å². The molecule has 1 unspecified atom stereocenters. The molecule has 11 heteroatoms. The van der Waals surface area contributed by atoms with E-state index in [1.165, 1.54) is 4.90 Å². The molecule has 0 radical (unpaired) electrons. The Morgan fingerprint density at radius 2 is 1.80 bits per heavy atom. The van der Waals surface area contributed by atoms with Crippen LogP contribution in [0.3, 0.4) is 0 Å². The standard InChI is InChI=1S/C38H46BrN3O7/c1-5-7-18-30(44)40-21-29(26-16-12-9-13-17-26)48-37(47)31-32-35(45)42(28(23-43)24(3)4)34(38(32)20-27(39)33(31)49-38)36(46)41(19-6-2)22-25-14-10-8-11-15-25/h5-6,8-17,24,27-29,31-34,43H,1-2,7,18-23H2,3-4H3,(H,40,44)/t27?,28-,29+,31+,32-,33+,34+,38-/m0/s1. The minimum atomic E-state index is -1.34. The molecule has 2 N–H and O–H groups in total. The molecule has 2 bridgehead atoms. The van der Waals surface area contributed by atoms with Crippen LogP contribution in [0.15, 0.2) is 86.0 Å². The summed E-state index contributed by atoms with van der Waals surface area (Å²) in [5.41, 5.74) is 0.254. The number of amides is 3. The van der Waals surface area contributed by atoms with Crippen LogP contribution in [-0.4, -0.2) is 86.9 Å². The van der Waals surface area contributed by atoms with Gasteiger partial charge in [0.15, 0.2) is 0 Å². The van der Waals surface area contributed by atoms with Gasteiger partial charge in [-0.05, 0) is 29.9 Å². The number of benzene rings is 2. The van der Waals surface area contributed by atoms with E-state index in [0.717, 1.165) is 5.56 Å². The van der Waals surface area contributed by atoms with Gasteiger partial charge in [0, 0.05) is 24.3 Å². The van der Waals surface area contributed by atoms with Crippen molar-refractivity contribution in [1.29, 1.82) is 0 Å². The number of carbonyl (C=O) groups is 4. The first kappa shape index (κ1) is 36.5. The molecule has 1 spiro atoms. The Morgan fingerprint density at radius 1 is 1.12 bits per heavy atom. The highest BCUT2D eigenvalue weighted by Crippen LogP contribution is 2.61. The third kappa shape index (κ3) is 7.25. The van der Waals surface area contributed by atoms with Crippen molar-refractivity contribution in [3.63, 3.8) is 0 Å². The Morgan fingerprint density at radius 3 is 2.41 bits per heavy atom. The lowest BCUT2D eigenvalue weighted by Crippen LogP contribution is -2.59. The zero-order valence-corrected chi connectivity index (χ0v) is 29.7. The van der Waals surface area contributed by atoms with E-state index in [9.17, 15) is 24.3 Å². The van der Waals surface area contributed by atoms with E-state index in [-0.39, 0.29) is 55.2 Å². The smallest absolute Gasteiger partial charge is 0.313 e. The second-order valence-corrected chi connectivity index (χ2v) is 14.5. The van der Waals surface area contributed by atoms with Crippen molar-refractivity contribution in [3.8, 4) is 0 Å². The number of carbonyl (C=O) groups excluding carboxylic acids is 4. The summed E-state index contributed by atoms with van der Waals surface area (Å²) in [4.78, 5) is 59.0. The predicted molar refractivity (Wildman–Crippen MR) is 188 cm³/mol. The number of fused-ring (bicyclic) bond motifs is 1. The summed E-state index contributed by atoms with van der Waals surface area (Å²) >= 11 is 3.72. The van der Waals surface area contributed by atoms with Crippen LogP contribution >= 0.6 is 15.9 Å². The van der Waals surface area contributed by atoms with Crippen LogP contribution in [0.5, 0.6) is 0 Å². The van der Waals surface area contributed by atoms with Crippen LogP contribution < -0.4 is 5.32 Å². The third-order valence-electron chi connectivity index (χ3n) is 9.91. The van der Waals surface area contributed by atoms with Gasteiger partial charge in [0.05, 0.1) is 37.1 Å². The lowest BCUT2D eigenvalue weighted by molar-refractivity contribution is -0.161. The summed E-state index contributed by atoms with van der Waals surface area (Å²) < 4.78 is 12.9. The van der Waals surface area contributed by atoms with Gasteiger partial charge >= 0.3 is 5.97 Å². The zero-order valence-electron chi connectivity index (χ0n) is 28.1. The van der Waals surface area contributed by atoms with Crippen LogP contribution in [0.25, 0.3) is 0 Å². The van der Waals surface area contributed by atoms with E-state index in [2.05, 4.69) is 34.4 Å². The summed E-state index contributed by atoms with van der Waals surface area (Å²) in [5.74, 6) is -3.83. The van der Waals surface area contributed by atoms with Gasteiger partial charge in [0.1, 0.15) is 17.7 Å². The van der Waals surface area contributed by atoms with E-state index in [0.29, 0.717) is 18.4 Å². The zero-order chi connectivity index (χ0) is 35.3. The van der Waals surface area contributed by atoms with Gasteiger partial charge in [-0.25, -0.2) is 0 Å². The molecule has 49 heavy (non-hydrogen) atoms. The lowest BCUT2D eigenvalue weighted by atomic mass is 9.70. The van der Waals surface area contributed by atoms with E-state index in [4.69, 9.17) is 9.47 Å². The fraction of sp³-hybridized carbons (Fsp3) is 0.474. The molecular weight excluding hydrogens is 690 g/mol. The highest BCUT2D eigenvalue weighted by atomic mass is 79.9. The molecule has 2 aromatic carbocycles. The monoisotopic (exact) mass is 735 g/mol. The molecule has 3 saturated heterocycles. The molecule has 3 fully saturated rings. The number of halogens is 1. The highest BCUT2D eigenvalue weighted by molar-refractivity contribution is 9.09. The Balaban J connectivity index is 1.50. The molecule has 3 aliphatic rings. The Labute approximate surface area is 296 Å². The summed E-state index contributed by atoms with van der Waals surface area (Å²) in [6.07, 6.45) is 2.82. The molecule has 10 nitrogen and oxygen atoms in total. The summed E-state index contributed by atoms with van der Waals surface area (Å²) in [7, 11) is 0. The van der Waals surface area contributed by atoms with Crippen molar-refractivity contribution in [1.82, 2.24) is 15.1 Å². The Bertz CT molecular complexity index is 1520. The van der Waals surface area contributed by atoms with Gasteiger partial charge in [0.25, 0.3) is 0 Å². The van der Waals surface area contributed by atoms with E-state index in [1.807, 2.05) is 74.5 Å². The van der Waals surface area contributed by atoms with Crippen LogP contribution in [0.2, 0.25) is 0 Å². The van der Waals surface area contributed by atoms with Gasteiger partial charge in [-0.3, -0.25) is 19.2 Å². The van der Waals surface area contributed by atoms with E-state index < -0.39 is 53.6 Å². The largest absolute Gasteiger partial charge is 0.455 e. The fourth-order valence-electron chi connectivity index (χ4n) is 7.60. The molecule has 0 aromatic heterocycles. The quantitative estimate of drug-likeness (QED) is 0.149. The number of allylic oxidation sites excluding steroid dienone is 1. The maximum absolute atomic E-state index is 14.8. The van der Waals surface area contributed by atoms with Crippen molar-refractivity contribution in [2.24, 2.45) is 17.8 Å². The van der Waals surface area contributed by atoms with E-state index in [1.54, 1.807) is 17.1 Å². The molecule has 3 amide bonds. The molecule has 3 aliphatic heterocycles. The number of likely N-dealkylation sites (tertiary alicyclic amines) is 1. The van der Waals surface area contributed by atoms with Gasteiger partial charge in [-0.2, -0.15) is 0 Å². The van der Waals surface area contributed by atoms with Gasteiger partial charge in [-0.15, -0.1) is 13.2 Å². The summed E-state index contributed by atoms with van der Waals surface area (Å²) in [5, 5.41) is 13.4. The average molecular weight is 737 g/mol. The Hall–Kier alpha value is -3.80. The number of ether oxygens (including phenoxy) is 2. The maximum atomic E-state index is 14.8. The number of aliphatic hydroxyl groups excluding tert-OH is 1. The first-order chi connectivity index (χ1) is 23.6. The van der Waals surface area contributed by atoms with Crippen molar-refractivity contribution in [2.45, 2.75) is 74.4 Å². The minimum Gasteiger partial charge on any atom is -0.455 e. The SMILES string of the molecule is C=CCCC(=O)NC[C@@H](OC(=O)[C@H]1[C@@H]2O[C@@]3(CC2Br)[C@@H]1C(=O)N([C@@H](CO)C(C)C)[C@@H]3C(=O)N(CC=C)Cc1ccccc1)c1ccccc1.